The lowest BCUT2D eigenvalue weighted by molar-refractivity contribution is -0.142. The minimum absolute atomic E-state index is 0.0361. The van der Waals surface area contributed by atoms with E-state index in [2.05, 4.69) is 9.97 Å². The average molecular weight is 323 g/mol. The quantitative estimate of drug-likeness (QED) is 0.737. The van der Waals surface area contributed by atoms with E-state index >= 15 is 0 Å². The van der Waals surface area contributed by atoms with Crippen molar-refractivity contribution in [1.29, 1.82) is 0 Å². The molecule has 0 aliphatic rings. The smallest absolute Gasteiger partial charge is 0.437 e. The first kappa shape index (κ1) is 14.9. The molecule has 8 heteroatoms. The topological polar surface area (TPSA) is 35.0 Å². The summed E-state index contributed by atoms with van der Waals surface area (Å²) >= 11 is 11.6. The van der Waals surface area contributed by atoms with Crippen LogP contribution in [0.2, 0.25) is 10.2 Å². The fraction of sp³-hybridized carbons (Fsp3) is 0.167. The Balaban J connectivity index is 2.54. The lowest BCUT2D eigenvalue weighted by Gasteiger charge is -2.14. The zero-order valence-corrected chi connectivity index (χ0v) is 11.5. The van der Waals surface area contributed by atoms with Gasteiger partial charge in [0.05, 0.1) is 5.02 Å². The molecule has 0 atom stereocenters. The average Bonchev–Trinajstić information content (AvgIpc) is 2.33. The monoisotopic (exact) mass is 322 g/mol. The Morgan fingerprint density at radius 2 is 1.75 bits per heavy atom. The molecule has 1 aromatic heterocycles. The molecule has 0 aliphatic heterocycles. The van der Waals surface area contributed by atoms with Gasteiger partial charge in [-0.15, -0.1) is 0 Å². The summed E-state index contributed by atoms with van der Waals surface area (Å²) in [5.41, 5.74) is -1.24. The van der Waals surface area contributed by atoms with Crippen molar-refractivity contribution in [3.63, 3.8) is 0 Å². The Hall–Kier alpha value is -1.53. The second-order valence-electron chi connectivity index (χ2n) is 3.77. The highest BCUT2D eigenvalue weighted by Crippen LogP contribution is 2.41. The van der Waals surface area contributed by atoms with E-state index < -0.39 is 22.8 Å². The summed E-state index contributed by atoms with van der Waals surface area (Å²) in [4.78, 5) is 7.00. The largest absolute Gasteiger partial charge is 0.450 e. The molecule has 0 N–H and O–H groups in total. The van der Waals surface area contributed by atoms with Crippen molar-refractivity contribution in [2.24, 2.45) is 0 Å². The fourth-order valence-corrected chi connectivity index (χ4v) is 1.87. The molecule has 0 unspecified atom stereocenters. The molecular weight excluding hydrogens is 316 g/mol. The van der Waals surface area contributed by atoms with Crippen LogP contribution in [-0.2, 0) is 6.18 Å². The van der Waals surface area contributed by atoms with Gasteiger partial charge >= 0.3 is 6.18 Å². The summed E-state index contributed by atoms with van der Waals surface area (Å²) in [6.07, 6.45) is -4.71. The van der Waals surface area contributed by atoms with E-state index in [1.54, 1.807) is 12.1 Å². The maximum atomic E-state index is 12.9. The first-order chi connectivity index (χ1) is 9.29. The van der Waals surface area contributed by atoms with Gasteiger partial charge in [-0.05, 0) is 19.1 Å². The number of hydrogen-bond acceptors (Lipinski definition) is 3. The standard InChI is InChI=1S/C12H7Cl2F3N2O/c1-6-18-10(12(15,16)17)9(11(14)19-6)20-8-5-3-2-4-7(8)13/h2-5H,1H3. The normalized spacial score (nSPS) is 11.5. The molecule has 3 nitrogen and oxygen atoms in total. The number of aryl methyl sites for hydroxylation is 1. The maximum Gasteiger partial charge on any atom is 0.437 e. The number of nitrogens with zero attached hydrogens (tertiary/aromatic N) is 2. The van der Waals surface area contributed by atoms with E-state index in [4.69, 9.17) is 27.9 Å². The maximum absolute atomic E-state index is 12.9. The van der Waals surface area contributed by atoms with Gasteiger partial charge in [-0.2, -0.15) is 13.2 Å². The van der Waals surface area contributed by atoms with Gasteiger partial charge in [-0.25, -0.2) is 9.97 Å². The second kappa shape index (κ2) is 5.46. The number of para-hydroxylation sites is 1. The third-order valence-corrected chi connectivity index (χ3v) is 2.82. The van der Waals surface area contributed by atoms with Gasteiger partial charge in [0, 0.05) is 0 Å². The van der Waals surface area contributed by atoms with E-state index in [1.165, 1.54) is 19.1 Å². The highest BCUT2D eigenvalue weighted by atomic mass is 35.5. The van der Waals surface area contributed by atoms with Crippen LogP contribution in [0.5, 0.6) is 11.5 Å². The zero-order chi connectivity index (χ0) is 14.9. The highest BCUT2D eigenvalue weighted by molar-refractivity contribution is 6.32. The Kier molecular flexibility index (Phi) is 4.06. The third-order valence-electron chi connectivity index (χ3n) is 2.25. The molecule has 1 aromatic carbocycles. The molecule has 0 aliphatic carbocycles. The number of benzene rings is 1. The molecule has 0 fully saturated rings. The van der Waals surface area contributed by atoms with E-state index in [9.17, 15) is 13.2 Å². The van der Waals surface area contributed by atoms with Crippen molar-refractivity contribution < 1.29 is 17.9 Å². The summed E-state index contributed by atoms with van der Waals surface area (Å²) in [6.45, 7) is 1.31. The third kappa shape index (κ3) is 3.13. The fourth-order valence-electron chi connectivity index (χ4n) is 1.45. The Morgan fingerprint density at radius 1 is 1.10 bits per heavy atom. The van der Waals surface area contributed by atoms with Crippen LogP contribution in [0.1, 0.15) is 11.5 Å². The van der Waals surface area contributed by atoms with Gasteiger partial charge in [0.25, 0.3) is 0 Å². The van der Waals surface area contributed by atoms with Gasteiger partial charge in [0.1, 0.15) is 11.6 Å². The van der Waals surface area contributed by atoms with Crippen molar-refractivity contribution in [3.8, 4) is 11.5 Å². The summed E-state index contributed by atoms with van der Waals surface area (Å²) in [5.74, 6) is -0.735. The molecule has 106 valence electrons. The summed E-state index contributed by atoms with van der Waals surface area (Å²) in [7, 11) is 0. The summed E-state index contributed by atoms with van der Waals surface area (Å²) in [6, 6.07) is 6.08. The zero-order valence-electron chi connectivity index (χ0n) is 10.0. The second-order valence-corrected chi connectivity index (χ2v) is 4.53. The van der Waals surface area contributed by atoms with Crippen molar-refractivity contribution in [1.82, 2.24) is 9.97 Å². The molecule has 0 bridgehead atoms. The van der Waals surface area contributed by atoms with Gasteiger partial charge in [-0.1, -0.05) is 35.3 Å². The van der Waals surface area contributed by atoms with Crippen LogP contribution in [0, 0.1) is 6.92 Å². The Labute approximate surface area is 122 Å². The van der Waals surface area contributed by atoms with Crippen molar-refractivity contribution in [2.45, 2.75) is 13.1 Å². The van der Waals surface area contributed by atoms with Crippen LogP contribution >= 0.6 is 23.2 Å². The number of alkyl halides is 3. The first-order valence-corrected chi connectivity index (χ1v) is 6.08. The first-order valence-electron chi connectivity index (χ1n) is 5.32. The van der Waals surface area contributed by atoms with Gasteiger partial charge in [0.2, 0.25) is 0 Å². The number of halogens is 5. The van der Waals surface area contributed by atoms with Crippen molar-refractivity contribution >= 4 is 23.2 Å². The lowest BCUT2D eigenvalue weighted by atomic mass is 10.3. The number of ether oxygens (including phenoxy) is 1. The minimum Gasteiger partial charge on any atom is -0.450 e. The van der Waals surface area contributed by atoms with Crippen molar-refractivity contribution in [3.05, 3.63) is 46.0 Å². The number of aromatic nitrogens is 2. The molecule has 0 radical (unpaired) electrons. The molecule has 0 saturated carbocycles. The highest BCUT2D eigenvalue weighted by Gasteiger charge is 2.38. The van der Waals surface area contributed by atoms with Crippen LogP contribution in [-0.4, -0.2) is 9.97 Å². The number of rotatable bonds is 2. The summed E-state index contributed by atoms with van der Waals surface area (Å²) < 4.78 is 44.0. The van der Waals surface area contributed by atoms with Gasteiger partial charge in [0.15, 0.2) is 16.6 Å². The molecule has 1 heterocycles. The Morgan fingerprint density at radius 3 is 2.35 bits per heavy atom. The predicted molar refractivity (Wildman–Crippen MR) is 68.3 cm³/mol. The SMILES string of the molecule is Cc1nc(Cl)c(Oc2ccccc2Cl)c(C(F)(F)F)n1. The molecule has 2 rings (SSSR count). The van der Waals surface area contributed by atoms with Gasteiger partial charge < -0.3 is 4.74 Å². The van der Waals surface area contributed by atoms with Crippen LogP contribution < -0.4 is 4.74 Å². The van der Waals surface area contributed by atoms with E-state index in [0.717, 1.165) is 0 Å². The van der Waals surface area contributed by atoms with Crippen LogP contribution in [0.25, 0.3) is 0 Å². The molecular formula is C12H7Cl2F3N2O. The summed E-state index contributed by atoms with van der Waals surface area (Å²) in [5, 5.41) is -0.276. The van der Waals surface area contributed by atoms with Crippen LogP contribution in [0.4, 0.5) is 13.2 Å². The van der Waals surface area contributed by atoms with Gasteiger partial charge in [-0.3, -0.25) is 0 Å². The molecule has 0 saturated heterocycles. The van der Waals surface area contributed by atoms with Crippen LogP contribution in [0.15, 0.2) is 24.3 Å². The number of hydrogen-bond donors (Lipinski definition) is 0. The predicted octanol–water partition coefficient (Wildman–Crippen LogP) is 4.90. The molecule has 20 heavy (non-hydrogen) atoms. The Bertz CT molecular complexity index is 647. The van der Waals surface area contributed by atoms with E-state index in [1.807, 2.05) is 0 Å². The van der Waals surface area contributed by atoms with Crippen molar-refractivity contribution in [2.75, 3.05) is 0 Å². The molecule has 2 aromatic rings. The molecule has 0 amide bonds. The minimum atomic E-state index is -4.71. The van der Waals surface area contributed by atoms with Crippen LogP contribution in [0.3, 0.4) is 0 Å². The van der Waals surface area contributed by atoms with E-state index in [0.29, 0.717) is 0 Å². The molecule has 0 spiro atoms. The lowest BCUT2D eigenvalue weighted by Crippen LogP contribution is -2.12. The van der Waals surface area contributed by atoms with E-state index in [-0.39, 0.29) is 16.6 Å².